The van der Waals surface area contributed by atoms with Crippen molar-refractivity contribution in [2.45, 2.75) is 38.5 Å². The van der Waals surface area contributed by atoms with Crippen molar-refractivity contribution in [3.05, 3.63) is 77.9 Å². The van der Waals surface area contributed by atoms with Crippen LogP contribution in [0.1, 0.15) is 41.7 Å². The SMILES string of the molecule is COc1cccc(C(C(=O)NCC2CCCO2)N(C(=O)Cn2nnc3ccccc32)c2ccc(C(C)=O)cc2)c1OC. The van der Waals surface area contributed by atoms with Crippen LogP contribution in [0.15, 0.2) is 66.7 Å². The van der Waals surface area contributed by atoms with Crippen LogP contribution in [0.25, 0.3) is 11.0 Å². The molecule has 0 aliphatic carbocycles. The van der Waals surface area contributed by atoms with Crippen LogP contribution in [-0.4, -0.2) is 66.1 Å². The Morgan fingerprint density at radius 3 is 2.52 bits per heavy atom. The molecule has 0 saturated carbocycles. The van der Waals surface area contributed by atoms with Gasteiger partial charge in [-0.3, -0.25) is 19.3 Å². The van der Waals surface area contributed by atoms with Crippen LogP contribution >= 0.6 is 0 Å². The number of amides is 2. The molecule has 1 N–H and O–H groups in total. The molecule has 4 aromatic rings. The molecule has 3 aromatic carbocycles. The molecule has 11 heteroatoms. The van der Waals surface area contributed by atoms with Gasteiger partial charge in [0.05, 0.1) is 25.8 Å². The number of carbonyl (C=O) groups is 3. The summed E-state index contributed by atoms with van der Waals surface area (Å²) in [5.41, 5.74) is 2.64. The van der Waals surface area contributed by atoms with Crippen molar-refractivity contribution in [3.8, 4) is 11.5 Å². The van der Waals surface area contributed by atoms with E-state index >= 15 is 0 Å². The summed E-state index contributed by atoms with van der Waals surface area (Å²) >= 11 is 0. The number of fused-ring (bicyclic) bond motifs is 1. The number of ketones is 1. The number of benzene rings is 3. The minimum atomic E-state index is -1.16. The summed E-state index contributed by atoms with van der Waals surface area (Å²) in [5.74, 6) is -0.239. The van der Waals surface area contributed by atoms with Crippen LogP contribution in [-0.2, 0) is 20.9 Å². The molecule has 2 amide bonds. The van der Waals surface area contributed by atoms with Crippen molar-refractivity contribution in [2.24, 2.45) is 0 Å². The number of hydrogen-bond donors (Lipinski definition) is 1. The second-order valence-electron chi connectivity index (χ2n) is 9.97. The molecular weight excluding hydrogens is 538 g/mol. The number of hydrogen-bond acceptors (Lipinski definition) is 8. The maximum absolute atomic E-state index is 14.3. The van der Waals surface area contributed by atoms with Gasteiger partial charge in [0.15, 0.2) is 17.3 Å². The number of nitrogens with zero attached hydrogens (tertiary/aromatic N) is 4. The van der Waals surface area contributed by atoms with Gasteiger partial charge in [0.25, 0.3) is 0 Å². The summed E-state index contributed by atoms with van der Waals surface area (Å²) in [7, 11) is 2.99. The lowest BCUT2D eigenvalue weighted by Crippen LogP contribution is -2.46. The highest BCUT2D eigenvalue weighted by molar-refractivity contribution is 6.02. The van der Waals surface area contributed by atoms with E-state index in [0.29, 0.717) is 52.5 Å². The Bertz CT molecular complexity index is 1580. The van der Waals surface area contributed by atoms with Crippen LogP contribution in [0.3, 0.4) is 0 Å². The minimum Gasteiger partial charge on any atom is -0.493 e. The van der Waals surface area contributed by atoms with Crippen LogP contribution in [0.4, 0.5) is 5.69 Å². The van der Waals surface area contributed by atoms with Gasteiger partial charge in [0, 0.05) is 30.0 Å². The molecule has 1 fully saturated rings. The molecule has 2 atom stereocenters. The lowest BCUT2D eigenvalue weighted by Gasteiger charge is -2.33. The predicted molar refractivity (Wildman–Crippen MR) is 156 cm³/mol. The first-order valence-electron chi connectivity index (χ1n) is 13.7. The second kappa shape index (κ2) is 12.8. The Balaban J connectivity index is 1.61. The zero-order valence-electron chi connectivity index (χ0n) is 23.8. The largest absolute Gasteiger partial charge is 0.493 e. The Morgan fingerprint density at radius 2 is 1.83 bits per heavy atom. The van der Waals surface area contributed by atoms with Crippen LogP contribution in [0, 0.1) is 0 Å². The second-order valence-corrected chi connectivity index (χ2v) is 9.97. The van der Waals surface area contributed by atoms with Crippen LogP contribution in [0.5, 0.6) is 11.5 Å². The molecule has 1 aliphatic rings. The average molecular weight is 572 g/mol. The van der Waals surface area contributed by atoms with E-state index in [4.69, 9.17) is 14.2 Å². The highest BCUT2D eigenvalue weighted by Crippen LogP contribution is 2.39. The van der Waals surface area contributed by atoms with E-state index in [-0.39, 0.29) is 18.4 Å². The summed E-state index contributed by atoms with van der Waals surface area (Å²) in [5, 5.41) is 11.4. The molecule has 1 aromatic heterocycles. The van der Waals surface area contributed by atoms with Crippen molar-refractivity contribution < 1.29 is 28.6 Å². The standard InChI is InChI=1S/C31H33N5O6/c1-20(37)21-13-15-22(16-14-21)36(28(38)19-35-26-11-5-4-10-25(26)33-34-35)29(31(39)32-18-23-8-7-17-42-23)24-9-6-12-27(40-2)30(24)41-3/h4-6,9-16,23,29H,7-8,17-19H2,1-3H3,(H,32,39). The number of methoxy groups -OCH3 is 2. The van der Waals surface area contributed by atoms with Crippen molar-refractivity contribution in [1.82, 2.24) is 20.3 Å². The average Bonchev–Trinajstić information content (AvgIpc) is 3.68. The van der Waals surface area contributed by atoms with Gasteiger partial charge in [-0.05, 0) is 62.2 Å². The highest BCUT2D eigenvalue weighted by atomic mass is 16.5. The molecular formula is C31H33N5O6. The number of nitrogens with one attached hydrogen (secondary N) is 1. The van der Waals surface area contributed by atoms with Gasteiger partial charge < -0.3 is 19.5 Å². The molecule has 1 saturated heterocycles. The fourth-order valence-corrected chi connectivity index (χ4v) is 5.17. The lowest BCUT2D eigenvalue weighted by atomic mass is 10.00. The number of rotatable bonds is 11. The summed E-state index contributed by atoms with van der Waals surface area (Å²) in [6.07, 6.45) is 1.65. The molecule has 0 radical (unpaired) electrons. The minimum absolute atomic E-state index is 0.109. The summed E-state index contributed by atoms with van der Waals surface area (Å²) < 4.78 is 18.5. The third-order valence-electron chi connectivity index (χ3n) is 7.29. The Morgan fingerprint density at radius 1 is 1.05 bits per heavy atom. The van der Waals surface area contributed by atoms with Crippen molar-refractivity contribution >= 4 is 34.3 Å². The predicted octanol–water partition coefficient (Wildman–Crippen LogP) is 3.72. The highest BCUT2D eigenvalue weighted by Gasteiger charge is 2.36. The van der Waals surface area contributed by atoms with Crippen LogP contribution < -0.4 is 19.7 Å². The first-order chi connectivity index (χ1) is 20.4. The topological polar surface area (TPSA) is 125 Å². The maximum Gasteiger partial charge on any atom is 0.249 e. The molecule has 0 bridgehead atoms. The quantitative estimate of drug-likeness (QED) is 0.270. The molecule has 0 spiro atoms. The van der Waals surface area contributed by atoms with Gasteiger partial charge in [-0.15, -0.1) is 5.10 Å². The monoisotopic (exact) mass is 571 g/mol. The number of anilines is 1. The molecule has 2 heterocycles. The van der Waals surface area contributed by atoms with Gasteiger partial charge in [0.1, 0.15) is 18.1 Å². The molecule has 42 heavy (non-hydrogen) atoms. The first-order valence-corrected chi connectivity index (χ1v) is 13.7. The zero-order valence-corrected chi connectivity index (χ0v) is 23.8. The van der Waals surface area contributed by atoms with Gasteiger partial charge in [-0.25, -0.2) is 4.68 Å². The Labute approximate surface area is 243 Å². The van der Waals surface area contributed by atoms with E-state index in [1.54, 1.807) is 42.5 Å². The van der Waals surface area contributed by atoms with Gasteiger partial charge in [-0.2, -0.15) is 0 Å². The van der Waals surface area contributed by atoms with Crippen molar-refractivity contribution in [1.29, 1.82) is 0 Å². The fraction of sp³-hybridized carbons (Fsp3) is 0.323. The van der Waals surface area contributed by atoms with Gasteiger partial charge >= 0.3 is 0 Å². The number of carbonyl (C=O) groups excluding carboxylic acids is 3. The van der Waals surface area contributed by atoms with E-state index in [2.05, 4.69) is 15.6 Å². The van der Waals surface area contributed by atoms with E-state index in [9.17, 15) is 14.4 Å². The van der Waals surface area contributed by atoms with Gasteiger partial charge in [-0.1, -0.05) is 29.5 Å². The molecule has 11 nitrogen and oxygen atoms in total. The molecule has 1 aliphatic heterocycles. The zero-order chi connectivity index (χ0) is 29.6. The third-order valence-corrected chi connectivity index (χ3v) is 7.29. The van der Waals surface area contributed by atoms with E-state index in [1.807, 2.05) is 24.3 Å². The number of aromatic nitrogens is 3. The third kappa shape index (κ3) is 5.96. The normalized spacial score (nSPS) is 15.3. The number of para-hydroxylation sites is 2. The molecule has 2 unspecified atom stereocenters. The van der Waals surface area contributed by atoms with E-state index in [0.717, 1.165) is 12.8 Å². The summed E-state index contributed by atoms with van der Waals surface area (Å²) in [6.45, 7) is 2.21. The van der Waals surface area contributed by atoms with E-state index in [1.165, 1.54) is 30.7 Å². The van der Waals surface area contributed by atoms with Crippen molar-refractivity contribution in [2.75, 3.05) is 32.3 Å². The molecule has 5 rings (SSSR count). The Kier molecular flexibility index (Phi) is 8.77. The van der Waals surface area contributed by atoms with Crippen LogP contribution in [0.2, 0.25) is 0 Å². The van der Waals surface area contributed by atoms with Gasteiger partial charge in [0.2, 0.25) is 11.8 Å². The first kappa shape index (κ1) is 28.7. The van der Waals surface area contributed by atoms with Crippen molar-refractivity contribution in [3.63, 3.8) is 0 Å². The fourth-order valence-electron chi connectivity index (χ4n) is 5.17. The van der Waals surface area contributed by atoms with E-state index < -0.39 is 17.9 Å². The summed E-state index contributed by atoms with van der Waals surface area (Å²) in [4.78, 5) is 41.9. The molecule has 218 valence electrons. The summed E-state index contributed by atoms with van der Waals surface area (Å²) in [6, 6.07) is 17.9. The lowest BCUT2D eigenvalue weighted by molar-refractivity contribution is -0.127. The Hall–Kier alpha value is -4.77. The number of Topliss-reactive ketones (excluding diaryl/α,β-unsaturated/α-hetero) is 1. The number of ether oxygens (including phenoxy) is 3. The smallest absolute Gasteiger partial charge is 0.249 e. The maximum atomic E-state index is 14.3.